The Morgan fingerprint density at radius 3 is 2.50 bits per heavy atom. The van der Waals surface area contributed by atoms with Gasteiger partial charge in [0.1, 0.15) is 10.6 Å². The van der Waals surface area contributed by atoms with Gasteiger partial charge in [-0.25, -0.2) is 9.37 Å². The second-order valence-corrected chi connectivity index (χ2v) is 7.35. The van der Waals surface area contributed by atoms with Crippen LogP contribution < -0.4 is 5.56 Å². The van der Waals surface area contributed by atoms with Crippen LogP contribution >= 0.6 is 11.3 Å². The van der Waals surface area contributed by atoms with Crippen molar-refractivity contribution in [1.82, 2.24) is 9.55 Å². The number of ketones is 1. The van der Waals surface area contributed by atoms with Crippen molar-refractivity contribution in [1.29, 1.82) is 0 Å². The van der Waals surface area contributed by atoms with Crippen molar-refractivity contribution in [2.24, 2.45) is 0 Å². The van der Waals surface area contributed by atoms with Gasteiger partial charge in [0, 0.05) is 16.5 Å². The zero-order valence-electron chi connectivity index (χ0n) is 15.2. The van der Waals surface area contributed by atoms with E-state index in [1.54, 1.807) is 24.3 Å². The van der Waals surface area contributed by atoms with Gasteiger partial charge in [-0.2, -0.15) is 0 Å². The van der Waals surface area contributed by atoms with Gasteiger partial charge < -0.3 is 0 Å². The monoisotopic (exact) mass is 392 g/mol. The minimum Gasteiger partial charge on any atom is -0.292 e. The van der Waals surface area contributed by atoms with Crippen LogP contribution in [-0.4, -0.2) is 15.3 Å². The van der Waals surface area contributed by atoms with Crippen molar-refractivity contribution < 1.29 is 9.18 Å². The van der Waals surface area contributed by atoms with E-state index < -0.39 is 0 Å². The summed E-state index contributed by atoms with van der Waals surface area (Å²) in [6.45, 7) is 1.97. The third kappa shape index (κ3) is 3.39. The maximum absolute atomic E-state index is 13.2. The number of aryl methyl sites for hydroxylation is 1. The van der Waals surface area contributed by atoms with E-state index in [0.717, 1.165) is 17.5 Å². The Balaban J connectivity index is 1.71. The second-order valence-electron chi connectivity index (χ2n) is 6.49. The molecule has 4 nitrogen and oxygen atoms in total. The maximum atomic E-state index is 13.2. The number of nitrogens with zero attached hydrogens (tertiary/aromatic N) is 2. The molecule has 0 aliphatic rings. The highest BCUT2D eigenvalue weighted by Crippen LogP contribution is 2.30. The van der Waals surface area contributed by atoms with E-state index in [1.807, 2.05) is 17.5 Å². The summed E-state index contributed by atoms with van der Waals surface area (Å²) in [6, 6.07) is 13.4. The zero-order chi connectivity index (χ0) is 19.7. The predicted molar refractivity (Wildman–Crippen MR) is 109 cm³/mol. The molecule has 0 fully saturated rings. The molecule has 0 aliphatic heterocycles. The smallest absolute Gasteiger partial charge is 0.263 e. The van der Waals surface area contributed by atoms with Crippen LogP contribution in [0.1, 0.15) is 22.8 Å². The van der Waals surface area contributed by atoms with Crippen LogP contribution in [0.15, 0.2) is 65.0 Å². The molecule has 0 spiro atoms. The molecule has 2 aromatic heterocycles. The van der Waals surface area contributed by atoms with Gasteiger partial charge in [-0.1, -0.05) is 43.3 Å². The summed E-state index contributed by atoms with van der Waals surface area (Å²) in [7, 11) is 0. The van der Waals surface area contributed by atoms with Gasteiger partial charge in [0.2, 0.25) is 0 Å². The molecule has 0 saturated carbocycles. The first-order valence-corrected chi connectivity index (χ1v) is 9.79. The van der Waals surface area contributed by atoms with Gasteiger partial charge in [0.05, 0.1) is 18.3 Å². The first-order chi connectivity index (χ1) is 13.6. The van der Waals surface area contributed by atoms with Crippen LogP contribution in [0.3, 0.4) is 0 Å². The van der Waals surface area contributed by atoms with E-state index in [9.17, 15) is 14.0 Å². The molecular formula is C22H17FN2O2S. The van der Waals surface area contributed by atoms with Crippen LogP contribution in [0, 0.1) is 5.82 Å². The van der Waals surface area contributed by atoms with Crippen molar-refractivity contribution in [3.05, 3.63) is 87.5 Å². The number of benzene rings is 2. The fourth-order valence-corrected chi connectivity index (χ4v) is 4.00. The van der Waals surface area contributed by atoms with Gasteiger partial charge in [-0.05, 0) is 29.7 Å². The number of carbonyl (C=O) groups excluding carboxylic acids is 1. The van der Waals surface area contributed by atoms with Gasteiger partial charge >= 0.3 is 0 Å². The molecule has 140 valence electrons. The molecule has 6 heteroatoms. The average molecular weight is 392 g/mol. The number of hydrogen-bond acceptors (Lipinski definition) is 4. The quantitative estimate of drug-likeness (QED) is 0.462. The normalized spacial score (nSPS) is 11.1. The first-order valence-electron chi connectivity index (χ1n) is 8.91. The standard InChI is InChI=1S/C22H17FN2O2S/c1-2-14-3-5-16(6-4-14)19(26)11-25-13-24-21-20(22(25)27)18(12-28-21)15-7-9-17(23)10-8-15/h3-10,12-13H,2,11H2,1H3. The molecule has 28 heavy (non-hydrogen) atoms. The number of rotatable bonds is 5. The van der Waals surface area contributed by atoms with E-state index in [2.05, 4.69) is 11.9 Å². The first kappa shape index (κ1) is 18.3. The van der Waals surface area contributed by atoms with Gasteiger partial charge in [0.25, 0.3) is 5.56 Å². The summed E-state index contributed by atoms with van der Waals surface area (Å²) in [5.41, 5.74) is 2.88. The zero-order valence-corrected chi connectivity index (χ0v) is 16.0. The summed E-state index contributed by atoms with van der Waals surface area (Å²) in [5, 5.41) is 2.29. The lowest BCUT2D eigenvalue weighted by Crippen LogP contribution is -2.24. The molecule has 0 atom stereocenters. The van der Waals surface area contributed by atoms with E-state index >= 15 is 0 Å². The molecule has 4 rings (SSSR count). The number of thiophene rings is 1. The van der Waals surface area contributed by atoms with Crippen LogP contribution in [-0.2, 0) is 13.0 Å². The molecule has 0 bridgehead atoms. The maximum Gasteiger partial charge on any atom is 0.263 e. The lowest BCUT2D eigenvalue weighted by atomic mass is 10.1. The third-order valence-electron chi connectivity index (χ3n) is 4.71. The van der Waals surface area contributed by atoms with Crippen molar-refractivity contribution in [2.75, 3.05) is 0 Å². The Morgan fingerprint density at radius 2 is 1.82 bits per heavy atom. The lowest BCUT2D eigenvalue weighted by molar-refractivity contribution is 0.0970. The highest BCUT2D eigenvalue weighted by molar-refractivity contribution is 7.17. The molecule has 0 radical (unpaired) electrons. The molecule has 2 aromatic carbocycles. The van der Waals surface area contributed by atoms with Gasteiger partial charge in [0.15, 0.2) is 5.78 Å². The van der Waals surface area contributed by atoms with Crippen molar-refractivity contribution in [3.8, 4) is 11.1 Å². The van der Waals surface area contributed by atoms with E-state index in [4.69, 9.17) is 0 Å². The highest BCUT2D eigenvalue weighted by Gasteiger charge is 2.15. The Bertz CT molecular complexity index is 1210. The third-order valence-corrected chi connectivity index (χ3v) is 5.60. The van der Waals surface area contributed by atoms with Crippen molar-refractivity contribution in [3.63, 3.8) is 0 Å². The molecule has 0 N–H and O–H groups in total. The van der Waals surface area contributed by atoms with Crippen LogP contribution in [0.5, 0.6) is 0 Å². The number of halogens is 1. The van der Waals surface area contributed by atoms with Crippen LogP contribution in [0.4, 0.5) is 4.39 Å². The Morgan fingerprint density at radius 1 is 1.11 bits per heavy atom. The highest BCUT2D eigenvalue weighted by atomic mass is 32.1. The van der Waals surface area contributed by atoms with E-state index in [0.29, 0.717) is 21.3 Å². The SMILES string of the molecule is CCc1ccc(C(=O)Cn2cnc3scc(-c4ccc(F)cc4)c3c2=O)cc1. The Kier molecular flexibility index (Phi) is 4.88. The predicted octanol–water partition coefficient (Wildman–Crippen LogP) is 4.71. The molecule has 0 amide bonds. The Hall–Kier alpha value is -3.12. The Labute approximate surface area is 164 Å². The molecule has 0 unspecified atom stereocenters. The summed E-state index contributed by atoms with van der Waals surface area (Å²) >= 11 is 1.35. The van der Waals surface area contributed by atoms with Crippen molar-refractivity contribution >= 4 is 27.3 Å². The summed E-state index contributed by atoms with van der Waals surface area (Å²) in [4.78, 5) is 30.6. The fraction of sp³-hybridized carbons (Fsp3) is 0.136. The molecule has 4 aromatic rings. The lowest BCUT2D eigenvalue weighted by Gasteiger charge is -2.07. The molecular weight excluding hydrogens is 375 g/mol. The molecule has 0 saturated heterocycles. The summed E-state index contributed by atoms with van der Waals surface area (Å²) < 4.78 is 14.6. The topological polar surface area (TPSA) is 52.0 Å². The summed E-state index contributed by atoms with van der Waals surface area (Å²) in [5.74, 6) is -0.483. The van der Waals surface area contributed by atoms with Crippen LogP contribution in [0.25, 0.3) is 21.3 Å². The number of carbonyl (C=O) groups is 1. The van der Waals surface area contributed by atoms with E-state index in [-0.39, 0.29) is 23.7 Å². The summed E-state index contributed by atoms with van der Waals surface area (Å²) in [6.07, 6.45) is 2.31. The number of hydrogen-bond donors (Lipinski definition) is 0. The van der Waals surface area contributed by atoms with Gasteiger partial charge in [-0.3, -0.25) is 14.2 Å². The molecule has 0 aliphatic carbocycles. The minimum absolute atomic E-state index is 0.0774. The largest absolute Gasteiger partial charge is 0.292 e. The fourth-order valence-electron chi connectivity index (χ4n) is 3.09. The minimum atomic E-state index is -0.335. The average Bonchev–Trinajstić information content (AvgIpc) is 3.15. The second kappa shape index (κ2) is 7.48. The number of aromatic nitrogens is 2. The number of Topliss-reactive ketones (excluding diaryl/α,β-unsaturated/α-hetero) is 1. The van der Waals surface area contributed by atoms with E-state index in [1.165, 1.54) is 34.4 Å². The molecule has 2 heterocycles. The van der Waals surface area contributed by atoms with Gasteiger partial charge in [-0.15, -0.1) is 11.3 Å². The number of fused-ring (bicyclic) bond motifs is 1. The van der Waals surface area contributed by atoms with Crippen molar-refractivity contribution in [2.45, 2.75) is 19.9 Å². The van der Waals surface area contributed by atoms with Crippen LogP contribution in [0.2, 0.25) is 0 Å².